The summed E-state index contributed by atoms with van der Waals surface area (Å²) >= 11 is 0. The van der Waals surface area contributed by atoms with Crippen LogP contribution in [0, 0.1) is 5.41 Å². The van der Waals surface area contributed by atoms with E-state index in [1.54, 1.807) is 0 Å². The van der Waals surface area contributed by atoms with Gasteiger partial charge in [-0.25, -0.2) is 4.79 Å². The maximum absolute atomic E-state index is 12.6. The van der Waals surface area contributed by atoms with E-state index in [0.717, 1.165) is 38.4 Å². The molecule has 1 rings (SSSR count). The van der Waals surface area contributed by atoms with Gasteiger partial charge < -0.3 is 15.4 Å². The summed E-state index contributed by atoms with van der Waals surface area (Å²) in [6.45, 7) is 11.6. The molecule has 0 spiro atoms. The summed E-state index contributed by atoms with van der Waals surface area (Å²) < 4.78 is 12.3. The summed E-state index contributed by atoms with van der Waals surface area (Å²) in [7, 11) is -1.03. The topological polar surface area (TPSA) is 75.3 Å². The van der Waals surface area contributed by atoms with Gasteiger partial charge in [0, 0.05) is 21.3 Å². The molecule has 0 heterocycles. The smallest absolute Gasteiger partial charge is 0.315 e. The third-order valence-corrected chi connectivity index (χ3v) is 6.82. The fourth-order valence-corrected chi connectivity index (χ4v) is 4.17. The van der Waals surface area contributed by atoms with Gasteiger partial charge in [-0.3, -0.25) is 4.21 Å². The Labute approximate surface area is 149 Å². The highest BCUT2D eigenvalue weighted by Crippen LogP contribution is 2.31. The number of urea groups is 1. The van der Waals surface area contributed by atoms with Crippen LogP contribution in [0.5, 0.6) is 0 Å². The van der Waals surface area contributed by atoms with E-state index in [1.165, 1.54) is 0 Å². The Morgan fingerprint density at radius 1 is 1.12 bits per heavy atom. The number of carbonyl (C=O) groups is 2. The third-order valence-electron chi connectivity index (χ3n) is 4.64. The van der Waals surface area contributed by atoms with Crippen molar-refractivity contribution in [3.8, 4) is 0 Å². The van der Waals surface area contributed by atoms with Gasteiger partial charge in [-0.15, -0.1) is 0 Å². The first kappa shape index (κ1) is 21.1. The molecule has 2 unspecified atom stereocenters. The summed E-state index contributed by atoms with van der Waals surface area (Å²) in [4.78, 5) is 23.8. The molecule has 0 aromatic heterocycles. The minimum atomic E-state index is -1.03. The summed E-state index contributed by atoms with van der Waals surface area (Å²) in [6.07, 6.45) is 5.65. The molecule has 2 atom stereocenters. The van der Waals surface area contributed by atoms with Gasteiger partial charge in [0.1, 0.15) is 6.29 Å². The average molecular weight is 359 g/mol. The molecule has 0 aliphatic heterocycles. The minimum Gasteiger partial charge on any atom is -0.332 e. The Balaban J connectivity index is 2.84. The number of aldehydes is 1. The van der Waals surface area contributed by atoms with Crippen molar-refractivity contribution < 1.29 is 13.8 Å². The van der Waals surface area contributed by atoms with Crippen molar-refractivity contribution in [2.24, 2.45) is 5.41 Å². The first-order valence-corrected chi connectivity index (χ1v) is 10.1. The molecule has 2 N–H and O–H groups in total. The van der Waals surface area contributed by atoms with Gasteiger partial charge in [0.15, 0.2) is 0 Å². The van der Waals surface area contributed by atoms with Crippen molar-refractivity contribution >= 4 is 23.1 Å². The molecule has 5 nitrogen and oxygen atoms in total. The lowest BCUT2D eigenvalue weighted by atomic mass is 9.83. The van der Waals surface area contributed by atoms with E-state index in [1.807, 2.05) is 41.5 Å². The van der Waals surface area contributed by atoms with Crippen LogP contribution in [0.25, 0.3) is 0 Å². The molecular formula is C18H34N2O3S. The minimum absolute atomic E-state index is 0.306. The number of nitrogens with one attached hydrogen (secondary N) is 2. The number of rotatable bonds is 5. The van der Waals surface area contributed by atoms with Crippen LogP contribution >= 0.6 is 0 Å². The van der Waals surface area contributed by atoms with E-state index in [0.29, 0.717) is 5.75 Å². The molecule has 1 fully saturated rings. The SMILES string of the molecule is CC(C)(C)C(C=O)NC(=O)NC1(CS(=O)C(C)(C)C)CCCCC1. The number of carbonyl (C=O) groups excluding carboxylic acids is 2. The molecule has 6 heteroatoms. The zero-order valence-corrected chi connectivity index (χ0v) is 16.8. The lowest BCUT2D eigenvalue weighted by Crippen LogP contribution is -2.59. The lowest BCUT2D eigenvalue weighted by Gasteiger charge is -2.40. The molecule has 0 bridgehead atoms. The molecular weight excluding hydrogens is 324 g/mol. The van der Waals surface area contributed by atoms with Crippen molar-refractivity contribution in [2.75, 3.05) is 5.75 Å². The van der Waals surface area contributed by atoms with Crippen LogP contribution in [0.3, 0.4) is 0 Å². The van der Waals surface area contributed by atoms with Crippen molar-refractivity contribution in [3.63, 3.8) is 0 Å². The van der Waals surface area contributed by atoms with Crippen LogP contribution in [0.1, 0.15) is 73.6 Å². The zero-order chi connectivity index (χ0) is 18.6. The molecule has 0 aromatic rings. The van der Waals surface area contributed by atoms with E-state index in [-0.39, 0.29) is 16.2 Å². The fraction of sp³-hybridized carbons (Fsp3) is 0.889. The number of hydrogen-bond donors (Lipinski definition) is 2. The van der Waals surface area contributed by atoms with E-state index >= 15 is 0 Å². The Morgan fingerprint density at radius 2 is 1.67 bits per heavy atom. The zero-order valence-electron chi connectivity index (χ0n) is 16.0. The monoisotopic (exact) mass is 358 g/mol. The second-order valence-electron chi connectivity index (χ2n) is 9.02. The highest BCUT2D eigenvalue weighted by Gasteiger charge is 2.38. The Kier molecular flexibility index (Phi) is 7.03. The highest BCUT2D eigenvalue weighted by molar-refractivity contribution is 7.86. The summed E-state index contributed by atoms with van der Waals surface area (Å²) in [5, 5.41) is 5.84. The fourth-order valence-electron chi connectivity index (χ4n) is 2.87. The van der Waals surface area contributed by atoms with Gasteiger partial charge in [0.25, 0.3) is 0 Å². The van der Waals surface area contributed by atoms with Crippen molar-refractivity contribution in [2.45, 2.75) is 90.0 Å². The maximum atomic E-state index is 12.6. The number of hydrogen-bond acceptors (Lipinski definition) is 3. The first-order valence-electron chi connectivity index (χ1n) is 8.82. The quantitative estimate of drug-likeness (QED) is 0.741. The second-order valence-corrected chi connectivity index (χ2v) is 11.2. The standard InChI is InChI=1S/C18H34N2O3S/c1-16(2,3)14(12-21)19-15(22)20-18(10-8-7-9-11-18)13-24(23)17(4,5)6/h12,14H,7-11,13H2,1-6H3,(H2,19,20,22). The van der Waals surface area contributed by atoms with E-state index in [2.05, 4.69) is 10.6 Å². The molecule has 1 aliphatic rings. The molecule has 0 radical (unpaired) electrons. The Bertz CT molecular complexity index is 472. The van der Waals surface area contributed by atoms with E-state index in [4.69, 9.17) is 0 Å². The van der Waals surface area contributed by atoms with Gasteiger partial charge in [0.2, 0.25) is 0 Å². The molecule has 1 aliphatic carbocycles. The van der Waals surface area contributed by atoms with Crippen molar-refractivity contribution in [3.05, 3.63) is 0 Å². The molecule has 0 aromatic carbocycles. The van der Waals surface area contributed by atoms with Gasteiger partial charge in [0.05, 0.1) is 11.6 Å². The Morgan fingerprint density at radius 3 is 2.08 bits per heavy atom. The van der Waals surface area contributed by atoms with Crippen molar-refractivity contribution in [1.82, 2.24) is 10.6 Å². The van der Waals surface area contributed by atoms with Crippen molar-refractivity contribution in [1.29, 1.82) is 0 Å². The van der Waals surface area contributed by atoms with E-state index in [9.17, 15) is 13.8 Å². The molecule has 24 heavy (non-hydrogen) atoms. The molecule has 140 valence electrons. The number of amides is 2. The third kappa shape index (κ3) is 6.19. The average Bonchev–Trinajstić information content (AvgIpc) is 2.43. The molecule has 1 saturated carbocycles. The summed E-state index contributed by atoms with van der Waals surface area (Å²) in [6, 6.07) is -0.888. The first-order chi connectivity index (χ1) is 10.9. The summed E-state index contributed by atoms with van der Waals surface area (Å²) in [5.74, 6) is 0.463. The normalized spacial score (nSPS) is 20.8. The maximum Gasteiger partial charge on any atom is 0.315 e. The molecule has 0 saturated heterocycles. The van der Waals surface area contributed by atoms with Crippen LogP contribution in [0.2, 0.25) is 0 Å². The van der Waals surface area contributed by atoms with Crippen LogP contribution in [-0.4, -0.2) is 38.6 Å². The van der Waals surface area contributed by atoms with Crippen LogP contribution in [0.4, 0.5) is 4.79 Å². The largest absolute Gasteiger partial charge is 0.332 e. The molecule has 2 amide bonds. The van der Waals surface area contributed by atoms with Crippen LogP contribution < -0.4 is 10.6 Å². The van der Waals surface area contributed by atoms with Gasteiger partial charge in [-0.2, -0.15) is 0 Å². The van der Waals surface area contributed by atoms with Crippen LogP contribution in [-0.2, 0) is 15.6 Å². The Hall–Kier alpha value is -0.910. The lowest BCUT2D eigenvalue weighted by molar-refractivity contribution is -0.111. The van der Waals surface area contributed by atoms with Gasteiger partial charge in [-0.05, 0) is 39.0 Å². The van der Waals surface area contributed by atoms with Gasteiger partial charge >= 0.3 is 6.03 Å². The predicted octanol–water partition coefficient (Wildman–Crippen LogP) is 3.15. The predicted molar refractivity (Wildman–Crippen MR) is 99.6 cm³/mol. The summed E-state index contributed by atoms with van der Waals surface area (Å²) in [5.41, 5.74) is -0.779. The second kappa shape index (κ2) is 7.98. The van der Waals surface area contributed by atoms with E-state index < -0.39 is 22.4 Å². The highest BCUT2D eigenvalue weighted by atomic mass is 32.2. The van der Waals surface area contributed by atoms with Crippen LogP contribution in [0.15, 0.2) is 0 Å². The van der Waals surface area contributed by atoms with Gasteiger partial charge in [-0.1, -0.05) is 40.0 Å².